The first-order chi connectivity index (χ1) is 22.6. The molecule has 0 amide bonds. The van der Waals surface area contributed by atoms with Crippen molar-refractivity contribution in [2.45, 2.75) is 0 Å². The minimum Gasteiger partial charge on any atom is -0.309 e. The summed E-state index contributed by atoms with van der Waals surface area (Å²) in [5.74, 6) is 0. The smallest absolute Gasteiger partial charge is 0.171 e. The lowest BCUT2D eigenvalue weighted by molar-refractivity contribution is 0.591. The van der Waals surface area contributed by atoms with Gasteiger partial charge >= 0.3 is 0 Å². The summed E-state index contributed by atoms with van der Waals surface area (Å²) in [5.41, 5.74) is 3.25. The Morgan fingerprint density at radius 1 is 0.370 bits per heavy atom. The Kier molecular flexibility index (Phi) is 8.20. The molecule has 0 radical (unpaired) electrons. The number of hydrogen-bond donors (Lipinski definition) is 0. The van der Waals surface area contributed by atoms with Crippen molar-refractivity contribution in [2.24, 2.45) is 0 Å². The Morgan fingerprint density at radius 3 is 1.15 bits per heavy atom. The Labute approximate surface area is 270 Å². The largest absolute Gasteiger partial charge is 0.309 e. The molecular weight excluding hydrogens is 600 g/mol. The topological polar surface area (TPSA) is 47.0 Å². The van der Waals surface area contributed by atoms with E-state index in [1.165, 1.54) is 0 Å². The molecule has 46 heavy (non-hydrogen) atoms. The van der Waals surface area contributed by atoms with Gasteiger partial charge in [-0.3, -0.25) is 4.98 Å². The van der Waals surface area contributed by atoms with Gasteiger partial charge < -0.3 is 9.13 Å². The van der Waals surface area contributed by atoms with Crippen LogP contribution < -0.4 is 31.8 Å². The Bertz CT molecular complexity index is 1960. The van der Waals surface area contributed by atoms with Crippen molar-refractivity contribution < 1.29 is 9.13 Å². The van der Waals surface area contributed by atoms with Crippen molar-refractivity contribution in [2.75, 3.05) is 0 Å². The van der Waals surface area contributed by atoms with Crippen molar-refractivity contribution >= 4 is 46.1 Å². The van der Waals surface area contributed by atoms with Crippen LogP contribution in [0.1, 0.15) is 0 Å². The molecule has 1 heterocycles. The number of hydrogen-bond acceptors (Lipinski definition) is 3. The van der Waals surface area contributed by atoms with Crippen molar-refractivity contribution in [1.82, 2.24) is 4.98 Å². The van der Waals surface area contributed by atoms with E-state index in [1.54, 1.807) is 6.20 Å². The molecule has 0 saturated heterocycles. The second-order valence-corrected chi connectivity index (χ2v) is 16.5. The predicted octanol–water partition coefficient (Wildman–Crippen LogP) is 7.69. The lowest BCUT2D eigenvalue weighted by atomic mass is 10.0. The van der Waals surface area contributed by atoms with E-state index in [9.17, 15) is 0 Å². The van der Waals surface area contributed by atoms with Crippen LogP contribution >= 0.6 is 14.3 Å². The Balaban J connectivity index is 1.42. The highest BCUT2D eigenvalue weighted by molar-refractivity contribution is 7.86. The highest BCUT2D eigenvalue weighted by atomic mass is 31.2. The lowest BCUT2D eigenvalue weighted by Crippen LogP contribution is -2.26. The maximum atomic E-state index is 15.4. The lowest BCUT2D eigenvalue weighted by Gasteiger charge is -2.24. The third kappa shape index (κ3) is 5.29. The van der Waals surface area contributed by atoms with Gasteiger partial charge in [-0.2, -0.15) is 0 Å². The maximum Gasteiger partial charge on any atom is 0.171 e. The highest BCUT2D eigenvalue weighted by Crippen LogP contribution is 2.47. The highest BCUT2D eigenvalue weighted by Gasteiger charge is 2.34. The Morgan fingerprint density at radius 2 is 0.717 bits per heavy atom. The molecule has 0 N–H and O–H groups in total. The van der Waals surface area contributed by atoms with E-state index < -0.39 is 14.3 Å². The van der Waals surface area contributed by atoms with Gasteiger partial charge in [0, 0.05) is 43.6 Å². The molecule has 7 rings (SSSR count). The van der Waals surface area contributed by atoms with Gasteiger partial charge in [-0.05, 0) is 23.3 Å². The summed E-state index contributed by atoms with van der Waals surface area (Å²) in [7, 11) is -6.52. The molecule has 0 unspecified atom stereocenters. The maximum absolute atomic E-state index is 15.4. The molecule has 0 bridgehead atoms. The molecule has 1 aromatic heterocycles. The zero-order valence-corrected chi connectivity index (χ0v) is 26.8. The Hall–Kier alpha value is -5.07. The SMILES string of the molecule is O=P(c1ccccc1)(c1ccccc1)c1ccccc1-c1ccnc(-c2ccccc2P(=O)(c2ccccc2)c2ccccc2)c1. The first kappa shape index (κ1) is 29.6. The fourth-order valence-electron chi connectivity index (χ4n) is 6.11. The number of aromatic nitrogens is 1. The summed E-state index contributed by atoms with van der Waals surface area (Å²) >= 11 is 0. The fourth-order valence-corrected chi connectivity index (χ4v) is 11.8. The summed E-state index contributed by atoms with van der Waals surface area (Å²) in [5, 5.41) is 4.57. The van der Waals surface area contributed by atoms with E-state index in [1.807, 2.05) is 182 Å². The number of rotatable bonds is 8. The second-order valence-electron chi connectivity index (χ2n) is 11.0. The van der Waals surface area contributed by atoms with E-state index in [2.05, 4.69) is 0 Å². The predicted molar refractivity (Wildman–Crippen MR) is 194 cm³/mol. The molecule has 0 fully saturated rings. The van der Waals surface area contributed by atoms with Crippen LogP contribution in [0.4, 0.5) is 0 Å². The van der Waals surface area contributed by atoms with Crippen molar-refractivity contribution in [3.63, 3.8) is 0 Å². The van der Waals surface area contributed by atoms with Gasteiger partial charge in [0.25, 0.3) is 0 Å². The van der Waals surface area contributed by atoms with E-state index in [0.717, 1.165) is 48.5 Å². The molecule has 7 aromatic rings. The summed E-state index contributed by atoms with van der Waals surface area (Å²) in [6, 6.07) is 58.6. The molecule has 5 heteroatoms. The van der Waals surface area contributed by atoms with Gasteiger partial charge in [0.1, 0.15) is 0 Å². The summed E-state index contributed by atoms with van der Waals surface area (Å²) in [4.78, 5) is 4.81. The molecule has 3 nitrogen and oxygen atoms in total. The molecule has 222 valence electrons. The van der Waals surface area contributed by atoms with Gasteiger partial charge in [-0.25, -0.2) is 0 Å². The van der Waals surface area contributed by atoms with Crippen LogP contribution in [-0.4, -0.2) is 4.98 Å². The average Bonchev–Trinajstić information content (AvgIpc) is 3.15. The van der Waals surface area contributed by atoms with Crippen LogP contribution in [0.5, 0.6) is 0 Å². The molecule has 0 aliphatic rings. The van der Waals surface area contributed by atoms with E-state index in [-0.39, 0.29) is 0 Å². The van der Waals surface area contributed by atoms with Gasteiger partial charge in [-0.1, -0.05) is 170 Å². The third-order valence-electron chi connectivity index (χ3n) is 8.31. The molecule has 0 atom stereocenters. The standard InChI is InChI=1S/C41H31NO2P2/c43-45(33-17-5-1-6-18-33,34-19-7-2-8-20-34)40-27-15-13-25-37(40)32-29-30-42-39(31-32)38-26-14-16-28-41(38)46(44,35-21-9-3-10-22-35)36-23-11-4-12-24-36/h1-31H. The number of benzene rings is 6. The summed E-state index contributed by atoms with van der Waals surface area (Å²) < 4.78 is 30.8. The molecular formula is C41H31NO2P2. The van der Waals surface area contributed by atoms with Gasteiger partial charge in [-0.15, -0.1) is 0 Å². The van der Waals surface area contributed by atoms with Gasteiger partial charge in [0.15, 0.2) is 14.3 Å². The zero-order chi connectivity index (χ0) is 31.4. The van der Waals surface area contributed by atoms with Crippen LogP contribution in [0.15, 0.2) is 188 Å². The quantitative estimate of drug-likeness (QED) is 0.162. The van der Waals surface area contributed by atoms with Crippen LogP contribution in [0.3, 0.4) is 0 Å². The molecule has 0 aliphatic carbocycles. The summed E-state index contributed by atoms with van der Waals surface area (Å²) in [6.45, 7) is 0. The average molecular weight is 632 g/mol. The molecule has 6 aromatic carbocycles. The number of nitrogens with zero attached hydrogens (tertiary/aromatic N) is 1. The van der Waals surface area contributed by atoms with Gasteiger partial charge in [0.2, 0.25) is 0 Å². The van der Waals surface area contributed by atoms with Gasteiger partial charge in [0.05, 0.1) is 5.69 Å². The molecule has 0 saturated carbocycles. The zero-order valence-electron chi connectivity index (χ0n) is 25.1. The first-order valence-electron chi connectivity index (χ1n) is 15.2. The third-order valence-corrected chi connectivity index (χ3v) is 14.6. The van der Waals surface area contributed by atoms with Crippen molar-refractivity contribution in [1.29, 1.82) is 0 Å². The normalized spacial score (nSPS) is 11.7. The minimum atomic E-state index is -3.27. The fraction of sp³-hybridized carbons (Fsp3) is 0. The van der Waals surface area contributed by atoms with Crippen LogP contribution in [0.25, 0.3) is 22.4 Å². The number of pyridine rings is 1. The monoisotopic (exact) mass is 631 g/mol. The van der Waals surface area contributed by atoms with E-state index in [4.69, 9.17) is 4.98 Å². The minimum absolute atomic E-state index is 0.698. The molecule has 0 aliphatic heterocycles. The van der Waals surface area contributed by atoms with Crippen LogP contribution in [0, 0.1) is 0 Å². The van der Waals surface area contributed by atoms with E-state index in [0.29, 0.717) is 5.69 Å². The van der Waals surface area contributed by atoms with Crippen LogP contribution in [-0.2, 0) is 9.13 Å². The van der Waals surface area contributed by atoms with Crippen molar-refractivity contribution in [3.05, 3.63) is 188 Å². The van der Waals surface area contributed by atoms with Crippen LogP contribution in [0.2, 0.25) is 0 Å². The van der Waals surface area contributed by atoms with E-state index >= 15 is 9.13 Å². The van der Waals surface area contributed by atoms with Crippen molar-refractivity contribution in [3.8, 4) is 22.4 Å². The second kappa shape index (κ2) is 12.7. The molecule has 0 spiro atoms. The summed E-state index contributed by atoms with van der Waals surface area (Å²) in [6.07, 6.45) is 1.78. The first-order valence-corrected chi connectivity index (χ1v) is 18.6.